The molecule has 13 heavy (non-hydrogen) atoms. The average molecular weight is 188 g/mol. The summed E-state index contributed by atoms with van der Waals surface area (Å²) in [5.41, 5.74) is -1.44. The van der Waals surface area contributed by atoms with Crippen LogP contribution < -0.4 is 0 Å². The molecule has 0 amide bonds. The summed E-state index contributed by atoms with van der Waals surface area (Å²) in [6.07, 6.45) is -1.67. The van der Waals surface area contributed by atoms with Crippen molar-refractivity contribution >= 4 is 5.97 Å². The van der Waals surface area contributed by atoms with Crippen LogP contribution in [-0.2, 0) is 14.3 Å². The van der Waals surface area contributed by atoms with Crippen molar-refractivity contribution in [2.75, 3.05) is 7.11 Å². The van der Waals surface area contributed by atoms with Gasteiger partial charge in [0.2, 0.25) is 0 Å². The molecule has 2 aliphatic rings. The molecule has 2 N–H and O–H groups in total. The minimum Gasteiger partial charge on any atom is -0.457 e. The maximum Gasteiger partial charge on any atom is 0.338 e. The molecule has 4 atom stereocenters. The lowest BCUT2D eigenvalue weighted by atomic mass is 9.82. The van der Waals surface area contributed by atoms with Gasteiger partial charge in [-0.05, 0) is 0 Å². The Balaban J connectivity index is 2.24. The van der Waals surface area contributed by atoms with Gasteiger partial charge in [-0.15, -0.1) is 0 Å². The number of carbonyl (C=O) groups excluding carboxylic acids is 1. The van der Waals surface area contributed by atoms with E-state index in [2.05, 4.69) is 0 Å². The summed E-state index contributed by atoms with van der Waals surface area (Å²) < 4.78 is 9.77. The maximum absolute atomic E-state index is 11.1. The Labute approximate surface area is 75.3 Å². The largest absolute Gasteiger partial charge is 0.457 e. The van der Waals surface area contributed by atoms with E-state index in [1.165, 1.54) is 7.11 Å². The highest BCUT2D eigenvalue weighted by molar-refractivity contribution is 5.82. The maximum atomic E-state index is 11.1. The third-order valence-corrected chi connectivity index (χ3v) is 2.78. The van der Waals surface area contributed by atoms with Gasteiger partial charge >= 0.3 is 5.97 Å². The first-order valence-electron chi connectivity index (χ1n) is 4.21. The van der Waals surface area contributed by atoms with Crippen molar-refractivity contribution in [1.82, 2.24) is 0 Å². The van der Waals surface area contributed by atoms with Crippen molar-refractivity contribution in [2.45, 2.75) is 36.8 Å². The lowest BCUT2D eigenvalue weighted by molar-refractivity contribution is -0.154. The minimum absolute atomic E-state index is 0.111. The Bertz CT molecular complexity index is 241. The van der Waals surface area contributed by atoms with Crippen molar-refractivity contribution in [3.8, 4) is 0 Å². The van der Waals surface area contributed by atoms with Crippen LogP contribution in [0.1, 0.15) is 12.8 Å². The predicted molar refractivity (Wildman–Crippen MR) is 40.9 cm³/mol. The van der Waals surface area contributed by atoms with Gasteiger partial charge in [-0.25, -0.2) is 4.79 Å². The summed E-state index contributed by atoms with van der Waals surface area (Å²) in [6.45, 7) is 0. The number of methoxy groups -OCH3 is 1. The molecule has 0 aromatic carbocycles. The molecular weight excluding hydrogens is 176 g/mol. The van der Waals surface area contributed by atoms with Gasteiger partial charge in [-0.2, -0.15) is 0 Å². The highest BCUT2D eigenvalue weighted by atomic mass is 16.6. The van der Waals surface area contributed by atoms with E-state index >= 15 is 0 Å². The van der Waals surface area contributed by atoms with Crippen molar-refractivity contribution in [1.29, 1.82) is 0 Å². The first-order chi connectivity index (χ1) is 6.07. The second kappa shape index (κ2) is 2.67. The molecule has 0 unspecified atom stereocenters. The molecule has 5 heteroatoms. The van der Waals surface area contributed by atoms with Crippen molar-refractivity contribution in [3.63, 3.8) is 0 Å². The molecule has 74 valence electrons. The van der Waals surface area contributed by atoms with Crippen LogP contribution in [0.15, 0.2) is 0 Å². The molecule has 1 saturated carbocycles. The molecule has 0 aromatic heterocycles. The van der Waals surface area contributed by atoms with E-state index in [1.54, 1.807) is 0 Å². The Morgan fingerprint density at radius 3 is 2.92 bits per heavy atom. The van der Waals surface area contributed by atoms with Gasteiger partial charge in [0, 0.05) is 20.0 Å². The van der Waals surface area contributed by atoms with Crippen LogP contribution in [0.25, 0.3) is 0 Å². The van der Waals surface area contributed by atoms with Crippen LogP contribution >= 0.6 is 0 Å². The van der Waals surface area contributed by atoms with Crippen LogP contribution in [0.2, 0.25) is 0 Å². The van der Waals surface area contributed by atoms with Crippen LogP contribution in [0, 0.1) is 0 Å². The van der Waals surface area contributed by atoms with Crippen molar-refractivity contribution < 1.29 is 24.5 Å². The van der Waals surface area contributed by atoms with Crippen LogP contribution in [-0.4, -0.2) is 47.2 Å². The Kier molecular flexibility index (Phi) is 1.83. The van der Waals surface area contributed by atoms with Gasteiger partial charge in [0.1, 0.15) is 12.2 Å². The summed E-state index contributed by atoms with van der Waals surface area (Å²) in [7, 11) is 1.44. The zero-order valence-electron chi connectivity index (χ0n) is 7.27. The monoisotopic (exact) mass is 188 g/mol. The average Bonchev–Trinajstić information content (AvgIpc) is 2.34. The summed E-state index contributed by atoms with van der Waals surface area (Å²) in [5, 5.41) is 19.3. The van der Waals surface area contributed by atoms with Gasteiger partial charge in [0.15, 0.2) is 5.60 Å². The fraction of sp³-hybridized carbons (Fsp3) is 0.875. The van der Waals surface area contributed by atoms with E-state index in [4.69, 9.17) is 9.47 Å². The van der Waals surface area contributed by atoms with E-state index in [1.807, 2.05) is 0 Å². The number of hydrogen-bond donors (Lipinski definition) is 2. The summed E-state index contributed by atoms with van der Waals surface area (Å²) >= 11 is 0. The van der Waals surface area contributed by atoms with E-state index in [0.717, 1.165) is 0 Å². The standard InChI is InChI=1S/C8H12O5/c1-12-4-2-8(11)3-5(6(4)9)13-7(8)10/h4-6,9,11H,2-3H2,1H3/t4-,5-,6-,8+/m1/s1. The number of hydrogen-bond acceptors (Lipinski definition) is 5. The highest BCUT2D eigenvalue weighted by Gasteiger charge is 2.57. The summed E-state index contributed by atoms with van der Waals surface area (Å²) in [5.74, 6) is -0.642. The number of rotatable bonds is 1. The number of carbonyl (C=O) groups is 1. The number of aliphatic hydroxyl groups excluding tert-OH is 1. The van der Waals surface area contributed by atoms with Gasteiger partial charge < -0.3 is 19.7 Å². The molecule has 0 aromatic rings. The smallest absolute Gasteiger partial charge is 0.338 e. The molecular formula is C8H12O5. The first kappa shape index (κ1) is 8.93. The fourth-order valence-electron chi connectivity index (χ4n) is 1.98. The molecule has 1 saturated heterocycles. The minimum atomic E-state index is -1.44. The predicted octanol–water partition coefficient (Wildman–Crippen LogP) is -1.19. The summed E-state index contributed by atoms with van der Waals surface area (Å²) in [6, 6.07) is 0. The zero-order chi connectivity index (χ0) is 9.64. The zero-order valence-corrected chi connectivity index (χ0v) is 7.27. The third-order valence-electron chi connectivity index (χ3n) is 2.78. The molecule has 0 radical (unpaired) electrons. The van der Waals surface area contributed by atoms with Crippen molar-refractivity contribution in [3.05, 3.63) is 0 Å². The van der Waals surface area contributed by atoms with E-state index < -0.39 is 29.9 Å². The van der Waals surface area contributed by atoms with Gasteiger partial charge in [0.25, 0.3) is 0 Å². The number of ether oxygens (including phenoxy) is 2. The molecule has 1 aliphatic heterocycles. The Morgan fingerprint density at radius 1 is 1.62 bits per heavy atom. The molecule has 0 spiro atoms. The van der Waals surface area contributed by atoms with E-state index in [-0.39, 0.29) is 12.8 Å². The van der Waals surface area contributed by atoms with E-state index in [9.17, 15) is 15.0 Å². The number of esters is 1. The molecule has 2 rings (SSSR count). The topological polar surface area (TPSA) is 76.0 Å². The molecule has 5 nitrogen and oxygen atoms in total. The van der Waals surface area contributed by atoms with Gasteiger partial charge in [0.05, 0.1) is 6.10 Å². The lowest BCUT2D eigenvalue weighted by Gasteiger charge is -2.32. The molecule has 1 heterocycles. The number of fused-ring (bicyclic) bond motifs is 2. The normalized spacial score (nSPS) is 49.2. The second-order valence-electron chi connectivity index (χ2n) is 3.65. The lowest BCUT2D eigenvalue weighted by Crippen LogP contribution is -2.49. The quantitative estimate of drug-likeness (QED) is 0.506. The SMILES string of the molecule is CO[C@@H]1C[C@]2(O)C[C@@H](OC2=O)[C@@H]1O. The molecule has 2 fully saturated rings. The van der Waals surface area contributed by atoms with Crippen molar-refractivity contribution in [2.24, 2.45) is 0 Å². The molecule has 1 aliphatic carbocycles. The fourth-order valence-corrected chi connectivity index (χ4v) is 1.98. The van der Waals surface area contributed by atoms with E-state index in [0.29, 0.717) is 0 Å². The second-order valence-corrected chi connectivity index (χ2v) is 3.65. The van der Waals surface area contributed by atoms with Crippen LogP contribution in [0.4, 0.5) is 0 Å². The van der Waals surface area contributed by atoms with Gasteiger partial charge in [-0.1, -0.05) is 0 Å². The number of aliphatic hydroxyl groups is 2. The Hall–Kier alpha value is -0.650. The Morgan fingerprint density at radius 2 is 2.31 bits per heavy atom. The third kappa shape index (κ3) is 1.15. The molecule has 2 bridgehead atoms. The van der Waals surface area contributed by atoms with Gasteiger partial charge in [-0.3, -0.25) is 0 Å². The van der Waals surface area contributed by atoms with Crippen LogP contribution in [0.3, 0.4) is 0 Å². The highest BCUT2D eigenvalue weighted by Crippen LogP contribution is 2.38. The van der Waals surface area contributed by atoms with Crippen LogP contribution in [0.5, 0.6) is 0 Å². The first-order valence-corrected chi connectivity index (χ1v) is 4.21. The summed E-state index contributed by atoms with van der Waals surface area (Å²) in [4.78, 5) is 11.1.